The zero-order valence-corrected chi connectivity index (χ0v) is 6.74. The summed E-state index contributed by atoms with van der Waals surface area (Å²) in [6.07, 6.45) is 3.38. The molecule has 0 unspecified atom stereocenters. The van der Waals surface area contributed by atoms with E-state index in [1.807, 2.05) is 6.92 Å². The maximum absolute atomic E-state index is 5.89. The normalized spacial score (nSPS) is 10.7. The molecule has 2 aromatic rings. The Balaban J connectivity index is 2.96. The lowest BCUT2D eigenvalue weighted by Gasteiger charge is -1.92. The van der Waals surface area contributed by atoms with Crippen molar-refractivity contribution in [2.45, 2.75) is 6.92 Å². The first-order valence-corrected chi connectivity index (χ1v) is 3.66. The summed E-state index contributed by atoms with van der Waals surface area (Å²) in [4.78, 5) is 7.03. The minimum Gasteiger partial charge on any atom is -0.345 e. The second-order valence-corrected chi connectivity index (χ2v) is 2.79. The molecule has 3 heteroatoms. The second kappa shape index (κ2) is 2.24. The predicted octanol–water partition coefficient (Wildman–Crippen LogP) is 2.32. The fourth-order valence-corrected chi connectivity index (χ4v) is 1.40. The first-order valence-electron chi connectivity index (χ1n) is 3.29. The van der Waals surface area contributed by atoms with E-state index < -0.39 is 0 Å². The van der Waals surface area contributed by atoms with E-state index in [1.165, 1.54) is 0 Å². The number of aromatic amines is 1. The average molecular weight is 166 g/mol. The van der Waals surface area contributed by atoms with E-state index in [0.29, 0.717) is 5.02 Å². The van der Waals surface area contributed by atoms with Gasteiger partial charge in [-0.1, -0.05) is 11.6 Å². The quantitative estimate of drug-likeness (QED) is 0.638. The van der Waals surface area contributed by atoms with E-state index in [-0.39, 0.29) is 0 Å². The maximum Gasteiger partial charge on any atom is 0.139 e. The number of rotatable bonds is 0. The van der Waals surface area contributed by atoms with Gasteiger partial charge in [-0.25, -0.2) is 4.98 Å². The van der Waals surface area contributed by atoms with Crippen LogP contribution < -0.4 is 0 Å². The summed E-state index contributed by atoms with van der Waals surface area (Å²) in [5.74, 6) is 0. The molecule has 0 atom stereocenters. The molecule has 0 saturated heterocycles. The third-order valence-corrected chi connectivity index (χ3v) is 1.96. The number of hydrogen-bond acceptors (Lipinski definition) is 1. The molecule has 1 radical (unpaired) electrons. The van der Waals surface area contributed by atoms with Gasteiger partial charge in [0.1, 0.15) is 5.65 Å². The fraction of sp³-hybridized carbons (Fsp3) is 0.125. The van der Waals surface area contributed by atoms with Gasteiger partial charge < -0.3 is 4.98 Å². The summed E-state index contributed by atoms with van der Waals surface area (Å²) in [5.41, 5.74) is 1.85. The molecular weight excluding hydrogens is 160 g/mol. The lowest BCUT2D eigenvalue weighted by atomic mass is 10.2. The molecule has 55 valence electrons. The number of aromatic nitrogens is 2. The highest BCUT2D eigenvalue weighted by Gasteiger charge is 2.03. The molecule has 2 nitrogen and oxygen atoms in total. The zero-order valence-electron chi connectivity index (χ0n) is 5.98. The molecule has 0 saturated carbocycles. The first kappa shape index (κ1) is 6.68. The van der Waals surface area contributed by atoms with Crippen LogP contribution in [0.15, 0.2) is 12.4 Å². The van der Waals surface area contributed by atoms with Gasteiger partial charge in [-0.3, -0.25) is 0 Å². The summed E-state index contributed by atoms with van der Waals surface area (Å²) in [7, 11) is 0. The van der Waals surface area contributed by atoms with Gasteiger partial charge in [-0.05, 0) is 12.5 Å². The first-order chi connectivity index (χ1) is 5.29. The highest BCUT2D eigenvalue weighted by atomic mass is 35.5. The lowest BCUT2D eigenvalue weighted by Crippen LogP contribution is -1.78. The molecule has 2 rings (SSSR count). The van der Waals surface area contributed by atoms with E-state index in [2.05, 4.69) is 16.0 Å². The van der Waals surface area contributed by atoms with Gasteiger partial charge in [0, 0.05) is 23.8 Å². The van der Waals surface area contributed by atoms with Crippen LogP contribution in [-0.2, 0) is 0 Å². The molecular formula is C8H6ClN2. The second-order valence-electron chi connectivity index (χ2n) is 2.39. The molecule has 0 aliphatic carbocycles. The Hall–Kier alpha value is -1.02. The van der Waals surface area contributed by atoms with Crippen molar-refractivity contribution in [2.75, 3.05) is 0 Å². The summed E-state index contributed by atoms with van der Waals surface area (Å²) >= 11 is 5.89. The average Bonchev–Trinajstić information content (AvgIpc) is 2.34. The maximum atomic E-state index is 5.89. The molecule has 1 N–H and O–H groups in total. The largest absolute Gasteiger partial charge is 0.345 e. The van der Waals surface area contributed by atoms with Crippen molar-refractivity contribution in [3.8, 4) is 0 Å². The number of nitrogens with zero attached hydrogens (tertiary/aromatic N) is 1. The highest BCUT2D eigenvalue weighted by molar-refractivity contribution is 6.35. The van der Waals surface area contributed by atoms with Crippen molar-refractivity contribution in [1.29, 1.82) is 0 Å². The summed E-state index contributed by atoms with van der Waals surface area (Å²) in [5, 5.41) is 1.68. The summed E-state index contributed by atoms with van der Waals surface area (Å²) in [6, 6.07) is 2.99. The van der Waals surface area contributed by atoms with Crippen LogP contribution >= 0.6 is 11.6 Å². The molecule has 0 aliphatic rings. The molecule has 0 bridgehead atoms. The lowest BCUT2D eigenvalue weighted by molar-refractivity contribution is 1.30. The monoisotopic (exact) mass is 165 g/mol. The highest BCUT2D eigenvalue weighted by Crippen LogP contribution is 2.23. The number of fused-ring (bicyclic) bond motifs is 1. The number of nitrogens with one attached hydrogen (secondary N) is 1. The van der Waals surface area contributed by atoms with Crippen LogP contribution in [0.5, 0.6) is 0 Å². The molecule has 2 aromatic heterocycles. The van der Waals surface area contributed by atoms with Crippen LogP contribution in [0.1, 0.15) is 5.56 Å². The molecule has 11 heavy (non-hydrogen) atoms. The van der Waals surface area contributed by atoms with Crippen LogP contribution in [0.3, 0.4) is 0 Å². The third-order valence-electron chi connectivity index (χ3n) is 1.66. The van der Waals surface area contributed by atoms with Crippen molar-refractivity contribution in [3.63, 3.8) is 0 Å². The topological polar surface area (TPSA) is 28.7 Å². The van der Waals surface area contributed by atoms with Crippen LogP contribution in [0.4, 0.5) is 0 Å². The Morgan fingerprint density at radius 2 is 2.45 bits per heavy atom. The Morgan fingerprint density at radius 3 is 3.18 bits per heavy atom. The Bertz CT molecular complexity index is 392. The van der Waals surface area contributed by atoms with Gasteiger partial charge in [0.15, 0.2) is 0 Å². The smallest absolute Gasteiger partial charge is 0.139 e. The Morgan fingerprint density at radius 1 is 1.64 bits per heavy atom. The van der Waals surface area contributed by atoms with E-state index in [9.17, 15) is 0 Å². The number of H-pyrrole nitrogens is 1. The summed E-state index contributed by atoms with van der Waals surface area (Å²) in [6.45, 7) is 1.96. The van der Waals surface area contributed by atoms with Crippen LogP contribution in [0, 0.1) is 13.0 Å². The molecule has 0 amide bonds. The van der Waals surface area contributed by atoms with Crippen molar-refractivity contribution in [1.82, 2.24) is 9.97 Å². The van der Waals surface area contributed by atoms with Crippen LogP contribution in [-0.4, -0.2) is 9.97 Å². The van der Waals surface area contributed by atoms with Crippen molar-refractivity contribution < 1.29 is 0 Å². The number of pyridine rings is 1. The fourth-order valence-electron chi connectivity index (χ4n) is 1.11. The van der Waals surface area contributed by atoms with Crippen LogP contribution in [0.25, 0.3) is 11.0 Å². The molecule has 0 aliphatic heterocycles. The van der Waals surface area contributed by atoms with Crippen molar-refractivity contribution >= 4 is 22.6 Å². The minimum absolute atomic E-state index is 0.710. The summed E-state index contributed by atoms with van der Waals surface area (Å²) < 4.78 is 0. The SMILES string of the molecule is Cc1[c]cnc2[nH]cc(Cl)c12. The number of hydrogen-bond donors (Lipinski definition) is 1. The van der Waals surface area contributed by atoms with Crippen molar-refractivity contribution in [3.05, 3.63) is 29.0 Å². The molecule has 2 heterocycles. The molecule has 0 spiro atoms. The van der Waals surface area contributed by atoms with E-state index >= 15 is 0 Å². The zero-order chi connectivity index (χ0) is 7.84. The Labute approximate surface area is 69.2 Å². The molecule has 0 aromatic carbocycles. The minimum atomic E-state index is 0.710. The van der Waals surface area contributed by atoms with Crippen LogP contribution in [0.2, 0.25) is 5.02 Å². The molecule has 0 fully saturated rings. The van der Waals surface area contributed by atoms with E-state index in [0.717, 1.165) is 16.6 Å². The Kier molecular flexibility index (Phi) is 1.36. The number of aryl methyl sites for hydroxylation is 1. The van der Waals surface area contributed by atoms with Gasteiger partial charge in [0.05, 0.1) is 5.02 Å². The van der Waals surface area contributed by atoms with Gasteiger partial charge in [-0.2, -0.15) is 0 Å². The van der Waals surface area contributed by atoms with E-state index in [1.54, 1.807) is 12.4 Å². The van der Waals surface area contributed by atoms with E-state index in [4.69, 9.17) is 11.6 Å². The predicted molar refractivity (Wildman–Crippen MR) is 44.7 cm³/mol. The van der Waals surface area contributed by atoms with Crippen molar-refractivity contribution in [2.24, 2.45) is 0 Å². The number of halogens is 1. The van der Waals surface area contributed by atoms with Gasteiger partial charge in [-0.15, -0.1) is 0 Å². The van der Waals surface area contributed by atoms with Gasteiger partial charge >= 0.3 is 0 Å². The standard InChI is InChI=1S/C8H6ClN2/c1-5-2-3-10-8-7(5)6(9)4-11-8/h3-4H,1H3,(H,10,11). The van der Waals surface area contributed by atoms with Gasteiger partial charge in [0.25, 0.3) is 0 Å². The van der Waals surface area contributed by atoms with Gasteiger partial charge in [0.2, 0.25) is 0 Å². The third kappa shape index (κ3) is 0.906.